The number of H-pyrrole nitrogens is 1. The first-order valence-corrected chi connectivity index (χ1v) is 6.57. The molecule has 0 spiro atoms. The molecule has 2 nitrogen and oxygen atoms in total. The molecule has 2 rings (SSSR count). The molecule has 94 valence electrons. The van der Waals surface area contributed by atoms with E-state index in [2.05, 4.69) is 24.1 Å². The Morgan fingerprint density at radius 1 is 1.22 bits per heavy atom. The fraction of sp³-hybridized carbons (Fsp3) is 0.312. The molecule has 2 heteroatoms. The van der Waals surface area contributed by atoms with Crippen molar-refractivity contribution in [1.82, 2.24) is 4.98 Å². The predicted molar refractivity (Wildman–Crippen MR) is 76.9 cm³/mol. The second-order valence-corrected chi connectivity index (χ2v) is 4.52. The molecule has 1 N–H and O–H groups in total. The third kappa shape index (κ3) is 3.10. The van der Waals surface area contributed by atoms with Gasteiger partial charge in [-0.05, 0) is 18.6 Å². The van der Waals surface area contributed by atoms with Crippen LogP contribution in [0.25, 0.3) is 10.9 Å². The minimum Gasteiger partial charge on any atom is -0.358 e. The molecular formula is C16H19NO. The van der Waals surface area contributed by atoms with Gasteiger partial charge in [-0.2, -0.15) is 0 Å². The largest absolute Gasteiger partial charge is 0.358 e. The average molecular weight is 241 g/mol. The van der Waals surface area contributed by atoms with E-state index in [1.807, 2.05) is 24.3 Å². The van der Waals surface area contributed by atoms with E-state index in [1.165, 1.54) is 12.8 Å². The summed E-state index contributed by atoms with van der Waals surface area (Å²) in [6.07, 6.45) is 8.69. The van der Waals surface area contributed by atoms with Gasteiger partial charge in [-0.3, -0.25) is 4.79 Å². The molecule has 1 aromatic heterocycles. The minimum atomic E-state index is 0.0984. The number of aromatic amines is 1. The van der Waals surface area contributed by atoms with E-state index in [0.717, 1.165) is 29.4 Å². The van der Waals surface area contributed by atoms with E-state index < -0.39 is 0 Å². The molecule has 0 atom stereocenters. The van der Waals surface area contributed by atoms with Crippen LogP contribution in [0.15, 0.2) is 47.3 Å². The Hall–Kier alpha value is -1.83. The van der Waals surface area contributed by atoms with Crippen LogP contribution in [-0.4, -0.2) is 4.98 Å². The van der Waals surface area contributed by atoms with Gasteiger partial charge in [0.1, 0.15) is 0 Å². The van der Waals surface area contributed by atoms with Crippen LogP contribution in [0.2, 0.25) is 0 Å². The highest BCUT2D eigenvalue weighted by atomic mass is 16.1. The fourth-order valence-electron chi connectivity index (χ4n) is 2.01. The summed E-state index contributed by atoms with van der Waals surface area (Å²) in [5.41, 5.74) is 2.00. The van der Waals surface area contributed by atoms with Crippen molar-refractivity contribution in [3.05, 3.63) is 58.4 Å². The molecule has 1 heterocycles. The van der Waals surface area contributed by atoms with Crippen LogP contribution in [0, 0.1) is 0 Å². The first-order chi connectivity index (χ1) is 8.81. The third-order valence-corrected chi connectivity index (χ3v) is 3.02. The monoisotopic (exact) mass is 241 g/mol. The van der Waals surface area contributed by atoms with Crippen molar-refractivity contribution in [2.75, 3.05) is 0 Å². The summed E-state index contributed by atoms with van der Waals surface area (Å²) in [6, 6.07) is 9.34. The van der Waals surface area contributed by atoms with Gasteiger partial charge >= 0.3 is 0 Å². The Morgan fingerprint density at radius 3 is 2.89 bits per heavy atom. The Morgan fingerprint density at radius 2 is 2.06 bits per heavy atom. The lowest BCUT2D eigenvalue weighted by molar-refractivity contribution is 0.813. The lowest BCUT2D eigenvalue weighted by Gasteiger charge is -2.01. The van der Waals surface area contributed by atoms with Gasteiger partial charge in [-0.1, -0.05) is 44.1 Å². The number of unbranched alkanes of at least 4 members (excludes halogenated alkanes) is 2. The zero-order valence-corrected chi connectivity index (χ0v) is 10.8. The van der Waals surface area contributed by atoms with Gasteiger partial charge in [-0.15, -0.1) is 0 Å². The lowest BCUT2D eigenvalue weighted by atomic mass is 10.1. The van der Waals surface area contributed by atoms with Crippen LogP contribution >= 0.6 is 0 Å². The summed E-state index contributed by atoms with van der Waals surface area (Å²) in [6.45, 7) is 2.19. The van der Waals surface area contributed by atoms with Crippen LogP contribution in [-0.2, 0) is 6.42 Å². The molecule has 0 saturated heterocycles. The molecule has 0 aliphatic carbocycles. The Labute approximate surface area is 107 Å². The zero-order valence-electron chi connectivity index (χ0n) is 10.8. The van der Waals surface area contributed by atoms with E-state index in [-0.39, 0.29) is 5.43 Å². The number of aromatic nitrogens is 1. The normalized spacial score (nSPS) is 11.4. The van der Waals surface area contributed by atoms with Gasteiger partial charge in [0.2, 0.25) is 0 Å². The van der Waals surface area contributed by atoms with Crippen LogP contribution < -0.4 is 5.43 Å². The Kier molecular flexibility index (Phi) is 4.35. The van der Waals surface area contributed by atoms with Crippen molar-refractivity contribution < 1.29 is 0 Å². The van der Waals surface area contributed by atoms with E-state index in [9.17, 15) is 4.79 Å². The number of rotatable bonds is 5. The van der Waals surface area contributed by atoms with Gasteiger partial charge < -0.3 is 4.98 Å². The number of para-hydroxylation sites is 1. The Bertz CT molecular complexity index is 595. The van der Waals surface area contributed by atoms with E-state index in [4.69, 9.17) is 0 Å². The topological polar surface area (TPSA) is 32.9 Å². The smallest absolute Gasteiger partial charge is 0.189 e. The summed E-state index contributed by atoms with van der Waals surface area (Å²) in [4.78, 5) is 15.2. The quantitative estimate of drug-likeness (QED) is 0.626. The molecule has 0 aliphatic rings. The van der Waals surface area contributed by atoms with Crippen LogP contribution in [0.5, 0.6) is 0 Å². The highest BCUT2D eigenvalue weighted by Gasteiger charge is 1.99. The number of pyridine rings is 1. The number of fused-ring (bicyclic) bond motifs is 1. The molecule has 0 amide bonds. The van der Waals surface area contributed by atoms with Gasteiger partial charge in [-0.25, -0.2) is 0 Å². The lowest BCUT2D eigenvalue weighted by Crippen LogP contribution is -2.04. The summed E-state index contributed by atoms with van der Waals surface area (Å²) < 4.78 is 0. The van der Waals surface area contributed by atoms with Crippen LogP contribution in [0.1, 0.15) is 31.9 Å². The molecule has 0 fully saturated rings. The first kappa shape index (κ1) is 12.6. The number of nitrogens with one attached hydrogen (secondary N) is 1. The van der Waals surface area contributed by atoms with Crippen molar-refractivity contribution in [1.29, 1.82) is 0 Å². The van der Waals surface area contributed by atoms with E-state index in [0.29, 0.717) is 0 Å². The van der Waals surface area contributed by atoms with Crippen molar-refractivity contribution >= 4 is 10.9 Å². The molecule has 0 bridgehead atoms. The maximum Gasteiger partial charge on any atom is 0.189 e. The molecule has 0 aliphatic heterocycles. The molecule has 0 radical (unpaired) electrons. The molecule has 18 heavy (non-hydrogen) atoms. The molecule has 2 aromatic rings. The third-order valence-electron chi connectivity index (χ3n) is 3.02. The average Bonchev–Trinajstić information content (AvgIpc) is 2.39. The van der Waals surface area contributed by atoms with Crippen LogP contribution in [0.4, 0.5) is 0 Å². The van der Waals surface area contributed by atoms with Gasteiger partial charge in [0, 0.05) is 29.1 Å². The molecule has 1 aromatic carbocycles. The number of benzene rings is 1. The van der Waals surface area contributed by atoms with Crippen LogP contribution in [0.3, 0.4) is 0 Å². The maximum atomic E-state index is 11.9. The van der Waals surface area contributed by atoms with Crippen molar-refractivity contribution in [2.45, 2.75) is 32.6 Å². The first-order valence-electron chi connectivity index (χ1n) is 6.57. The standard InChI is InChI=1S/C16H19NO/c1-2-3-4-5-6-9-13-12-16(18)14-10-7-8-11-15(14)17-13/h5-8,10-12H,2-4,9H2,1H3,(H,17,18). The summed E-state index contributed by atoms with van der Waals surface area (Å²) in [5.74, 6) is 0. The number of allylic oxidation sites excluding steroid dienone is 2. The number of hydrogen-bond acceptors (Lipinski definition) is 1. The van der Waals surface area contributed by atoms with Gasteiger partial charge in [0.25, 0.3) is 0 Å². The summed E-state index contributed by atoms with van der Waals surface area (Å²) in [7, 11) is 0. The highest BCUT2D eigenvalue weighted by Crippen LogP contribution is 2.08. The molecule has 0 saturated carbocycles. The van der Waals surface area contributed by atoms with E-state index in [1.54, 1.807) is 6.07 Å². The second-order valence-electron chi connectivity index (χ2n) is 4.52. The molecular weight excluding hydrogens is 222 g/mol. The van der Waals surface area contributed by atoms with Gasteiger partial charge in [0.05, 0.1) is 0 Å². The SMILES string of the molecule is CCCCC=CCc1cc(=O)c2ccccc2[nH]1. The van der Waals surface area contributed by atoms with Crippen molar-refractivity contribution in [3.63, 3.8) is 0 Å². The molecule has 0 unspecified atom stereocenters. The van der Waals surface area contributed by atoms with Gasteiger partial charge in [0.15, 0.2) is 5.43 Å². The predicted octanol–water partition coefficient (Wildman–Crippen LogP) is 3.82. The maximum absolute atomic E-state index is 11.9. The second kappa shape index (κ2) is 6.20. The summed E-state index contributed by atoms with van der Waals surface area (Å²) >= 11 is 0. The summed E-state index contributed by atoms with van der Waals surface area (Å²) in [5, 5.41) is 0.760. The highest BCUT2D eigenvalue weighted by molar-refractivity contribution is 5.78. The fourth-order valence-corrected chi connectivity index (χ4v) is 2.01. The minimum absolute atomic E-state index is 0.0984. The Balaban J connectivity index is 2.15. The van der Waals surface area contributed by atoms with Crippen molar-refractivity contribution in [2.24, 2.45) is 0 Å². The zero-order chi connectivity index (χ0) is 12.8. The van der Waals surface area contributed by atoms with E-state index >= 15 is 0 Å². The number of hydrogen-bond donors (Lipinski definition) is 1. The van der Waals surface area contributed by atoms with Crippen molar-refractivity contribution in [3.8, 4) is 0 Å².